The Balaban J connectivity index is 2.73. The molecule has 2 rings (SSSR count). The normalized spacial score (nSPS) is 15.2. The van der Waals surface area contributed by atoms with Crippen molar-refractivity contribution in [3.8, 4) is 0 Å². The highest BCUT2D eigenvalue weighted by Crippen LogP contribution is 2.32. The van der Waals surface area contributed by atoms with E-state index >= 15 is 0 Å². The van der Waals surface area contributed by atoms with Crippen LogP contribution in [0.15, 0.2) is 24.3 Å². The number of hydrogen-bond donors (Lipinski definition) is 0. The second-order valence-corrected chi connectivity index (χ2v) is 4.03. The van der Waals surface area contributed by atoms with E-state index in [9.17, 15) is 4.79 Å². The van der Waals surface area contributed by atoms with Crippen LogP contribution in [0.25, 0.3) is 4.48 Å². The van der Waals surface area contributed by atoms with E-state index in [1.54, 1.807) is 0 Å². The van der Waals surface area contributed by atoms with Crippen LogP contribution in [0.5, 0.6) is 0 Å². The van der Waals surface area contributed by atoms with Gasteiger partial charge >= 0.3 is 0 Å². The predicted molar refractivity (Wildman–Crippen MR) is 57.0 cm³/mol. The molecule has 1 aromatic carbocycles. The van der Waals surface area contributed by atoms with Crippen LogP contribution in [-0.4, -0.2) is 5.78 Å². The Labute approximate surface area is 85.6 Å². The Bertz CT molecular complexity index is 405. The molecule has 1 nitrogen and oxygen atoms in total. The number of benzene rings is 1. The third kappa shape index (κ3) is 1.35. The summed E-state index contributed by atoms with van der Waals surface area (Å²) in [5.74, 6) is 0.210. The lowest BCUT2D eigenvalue weighted by Gasteiger charge is -2.14. The zero-order valence-corrected chi connectivity index (χ0v) is 8.89. The number of hydrogen-bond acceptors (Lipinski definition) is 1. The molecule has 13 heavy (non-hydrogen) atoms. The first-order valence-electron chi connectivity index (χ1n) is 4.19. The van der Waals surface area contributed by atoms with Gasteiger partial charge in [0.25, 0.3) is 0 Å². The first kappa shape index (κ1) is 8.70. The maximum Gasteiger partial charge on any atom is 0.167 e. The quantitative estimate of drug-likeness (QED) is 0.676. The Morgan fingerprint density at radius 3 is 2.85 bits per heavy atom. The summed E-state index contributed by atoms with van der Waals surface area (Å²) in [5, 5.41) is 0. The summed E-state index contributed by atoms with van der Waals surface area (Å²) in [5.41, 5.74) is 3.04. The minimum atomic E-state index is 0.210. The molecular formula is C11H9BrO. The summed E-state index contributed by atoms with van der Waals surface area (Å²) in [7, 11) is 0. The molecule has 0 saturated heterocycles. The molecule has 0 aromatic heterocycles. The smallest absolute Gasteiger partial charge is 0.167 e. The lowest BCUT2D eigenvalue weighted by molar-refractivity contribution is 0.0994. The summed E-state index contributed by atoms with van der Waals surface area (Å²) in [6, 6.07) is 5.84. The van der Waals surface area contributed by atoms with E-state index in [0.717, 1.165) is 21.2 Å². The molecular weight excluding hydrogens is 228 g/mol. The molecule has 0 saturated carbocycles. The number of carbonyl (C=O) groups excluding carboxylic acids is 1. The van der Waals surface area contributed by atoms with Crippen LogP contribution in [0.1, 0.15) is 27.9 Å². The fraction of sp³-hybridized carbons (Fsp3) is 0.182. The van der Waals surface area contributed by atoms with E-state index < -0.39 is 0 Å². The molecule has 1 aliphatic carbocycles. The number of halogens is 1. The first-order chi connectivity index (χ1) is 6.20. The molecule has 0 spiro atoms. The highest BCUT2D eigenvalue weighted by Gasteiger charge is 2.18. The van der Waals surface area contributed by atoms with Crippen molar-refractivity contribution in [1.29, 1.82) is 0 Å². The zero-order valence-electron chi connectivity index (χ0n) is 7.30. The van der Waals surface area contributed by atoms with Crippen LogP contribution in [0.4, 0.5) is 0 Å². The topological polar surface area (TPSA) is 17.1 Å². The Morgan fingerprint density at radius 1 is 1.38 bits per heavy atom. The molecule has 0 unspecified atom stereocenters. The van der Waals surface area contributed by atoms with E-state index in [4.69, 9.17) is 0 Å². The third-order valence-electron chi connectivity index (χ3n) is 2.28. The number of ketones is 1. The second-order valence-electron chi connectivity index (χ2n) is 3.18. The summed E-state index contributed by atoms with van der Waals surface area (Å²) in [6.07, 6.45) is 2.44. The number of carbonyl (C=O) groups is 1. The van der Waals surface area contributed by atoms with Crippen molar-refractivity contribution < 1.29 is 4.79 Å². The molecule has 0 amide bonds. The molecule has 0 heterocycles. The van der Waals surface area contributed by atoms with Crippen LogP contribution in [0, 0.1) is 6.92 Å². The van der Waals surface area contributed by atoms with Crippen molar-refractivity contribution in [2.75, 3.05) is 0 Å². The predicted octanol–water partition coefficient (Wildman–Crippen LogP) is 3.32. The highest BCUT2D eigenvalue weighted by molar-refractivity contribution is 9.15. The number of Topliss-reactive ketones (excluding diaryl/α,β-unsaturated/α-hetero) is 1. The van der Waals surface area contributed by atoms with Gasteiger partial charge < -0.3 is 0 Å². The molecule has 1 aromatic rings. The fourth-order valence-corrected chi connectivity index (χ4v) is 2.30. The second kappa shape index (κ2) is 3.11. The molecule has 0 fully saturated rings. The van der Waals surface area contributed by atoms with Gasteiger partial charge in [0.15, 0.2) is 5.78 Å². The fourth-order valence-electron chi connectivity index (χ4n) is 1.61. The van der Waals surface area contributed by atoms with Crippen LogP contribution in [0.2, 0.25) is 0 Å². The van der Waals surface area contributed by atoms with E-state index in [-0.39, 0.29) is 5.78 Å². The van der Waals surface area contributed by atoms with Crippen molar-refractivity contribution in [2.45, 2.75) is 13.3 Å². The van der Waals surface area contributed by atoms with Gasteiger partial charge in [-0.3, -0.25) is 4.79 Å². The molecule has 0 N–H and O–H groups in total. The van der Waals surface area contributed by atoms with Crippen molar-refractivity contribution >= 4 is 26.2 Å². The van der Waals surface area contributed by atoms with Crippen LogP contribution < -0.4 is 0 Å². The SMILES string of the molecule is Cc1cccc2c1C(Br)=CCC2=O. The van der Waals surface area contributed by atoms with Gasteiger partial charge in [-0.2, -0.15) is 0 Å². The van der Waals surface area contributed by atoms with Gasteiger partial charge in [0.2, 0.25) is 0 Å². The summed E-state index contributed by atoms with van der Waals surface area (Å²) in [6.45, 7) is 2.02. The minimum absolute atomic E-state index is 0.210. The average Bonchev–Trinajstić information content (AvgIpc) is 2.12. The molecule has 0 radical (unpaired) electrons. The maximum absolute atomic E-state index is 11.5. The van der Waals surface area contributed by atoms with Gasteiger partial charge in [0.1, 0.15) is 0 Å². The largest absolute Gasteiger partial charge is 0.294 e. The highest BCUT2D eigenvalue weighted by atomic mass is 79.9. The molecule has 0 bridgehead atoms. The lowest BCUT2D eigenvalue weighted by Crippen LogP contribution is -2.07. The number of rotatable bonds is 0. The molecule has 66 valence electrons. The van der Waals surface area contributed by atoms with Crippen molar-refractivity contribution in [3.63, 3.8) is 0 Å². The van der Waals surface area contributed by atoms with E-state index in [1.807, 2.05) is 31.2 Å². The Hall–Kier alpha value is -0.890. The minimum Gasteiger partial charge on any atom is -0.294 e. The van der Waals surface area contributed by atoms with Crippen molar-refractivity contribution in [2.24, 2.45) is 0 Å². The van der Waals surface area contributed by atoms with Crippen LogP contribution in [0.3, 0.4) is 0 Å². The number of allylic oxidation sites excluding steroid dienone is 1. The number of fused-ring (bicyclic) bond motifs is 1. The molecule has 0 atom stereocenters. The van der Waals surface area contributed by atoms with Crippen molar-refractivity contribution in [1.82, 2.24) is 0 Å². The van der Waals surface area contributed by atoms with Crippen LogP contribution >= 0.6 is 15.9 Å². The zero-order chi connectivity index (χ0) is 9.42. The number of aryl methyl sites for hydroxylation is 1. The van der Waals surface area contributed by atoms with E-state index in [2.05, 4.69) is 15.9 Å². The standard InChI is InChI=1S/C11H9BrO/c1-7-3-2-4-8-10(13)6-5-9(12)11(7)8/h2-5H,6H2,1H3. The summed E-state index contributed by atoms with van der Waals surface area (Å²) >= 11 is 3.47. The van der Waals surface area contributed by atoms with Gasteiger partial charge in [-0.15, -0.1) is 0 Å². The van der Waals surface area contributed by atoms with Gasteiger partial charge in [-0.05, 0) is 12.5 Å². The maximum atomic E-state index is 11.5. The lowest BCUT2D eigenvalue weighted by atomic mass is 9.93. The third-order valence-corrected chi connectivity index (χ3v) is 3.00. The van der Waals surface area contributed by atoms with E-state index in [1.165, 1.54) is 0 Å². The summed E-state index contributed by atoms with van der Waals surface area (Å²) in [4.78, 5) is 11.5. The molecule has 0 aliphatic heterocycles. The van der Waals surface area contributed by atoms with Crippen molar-refractivity contribution in [3.05, 3.63) is 41.0 Å². The van der Waals surface area contributed by atoms with Gasteiger partial charge in [-0.25, -0.2) is 0 Å². The molecule has 2 heteroatoms. The van der Waals surface area contributed by atoms with Crippen LogP contribution in [-0.2, 0) is 0 Å². The molecule has 1 aliphatic rings. The van der Waals surface area contributed by atoms with Gasteiger partial charge in [-0.1, -0.05) is 40.2 Å². The monoisotopic (exact) mass is 236 g/mol. The Morgan fingerprint density at radius 2 is 2.15 bits per heavy atom. The Kier molecular flexibility index (Phi) is 2.08. The van der Waals surface area contributed by atoms with Gasteiger partial charge in [0.05, 0.1) is 0 Å². The summed E-state index contributed by atoms with van der Waals surface area (Å²) < 4.78 is 1.04. The average molecular weight is 237 g/mol. The van der Waals surface area contributed by atoms with Gasteiger partial charge in [0, 0.05) is 22.0 Å². The van der Waals surface area contributed by atoms with E-state index in [0.29, 0.717) is 6.42 Å². The first-order valence-corrected chi connectivity index (χ1v) is 4.98.